The van der Waals surface area contributed by atoms with Crippen LogP contribution in [0.2, 0.25) is 0 Å². The highest BCUT2D eigenvalue weighted by Gasteiger charge is 2.34. The highest BCUT2D eigenvalue weighted by Crippen LogP contribution is 2.36. The molecule has 0 heterocycles. The van der Waals surface area contributed by atoms with Crippen molar-refractivity contribution in [3.63, 3.8) is 0 Å². The van der Waals surface area contributed by atoms with Crippen LogP contribution in [0.15, 0.2) is 24.3 Å². The normalized spacial score (nSPS) is 13.5. The zero-order chi connectivity index (χ0) is 17.0. The SMILES string of the molecule is CC(Oc1ccccc1C(F)(F)F)C(=O)NCCS(C)(=O)=O. The molecular weight excluding hydrogens is 323 g/mol. The quantitative estimate of drug-likeness (QED) is 0.855. The maximum atomic E-state index is 12.8. The topological polar surface area (TPSA) is 72.5 Å². The largest absolute Gasteiger partial charge is 0.480 e. The molecule has 1 aromatic rings. The first-order valence-corrected chi connectivity index (χ1v) is 8.35. The maximum Gasteiger partial charge on any atom is 0.419 e. The van der Waals surface area contributed by atoms with Crippen LogP contribution in [-0.2, 0) is 20.8 Å². The Morgan fingerprint density at radius 2 is 1.91 bits per heavy atom. The van der Waals surface area contributed by atoms with E-state index in [4.69, 9.17) is 4.74 Å². The second-order valence-electron chi connectivity index (χ2n) is 4.67. The van der Waals surface area contributed by atoms with Gasteiger partial charge >= 0.3 is 6.18 Å². The molecule has 1 rings (SSSR count). The Balaban J connectivity index is 2.69. The van der Waals surface area contributed by atoms with Gasteiger partial charge in [-0.2, -0.15) is 13.2 Å². The van der Waals surface area contributed by atoms with Crippen LogP contribution in [-0.4, -0.2) is 39.0 Å². The number of nitrogens with one attached hydrogen (secondary N) is 1. The van der Waals surface area contributed by atoms with Crippen molar-refractivity contribution in [3.05, 3.63) is 29.8 Å². The summed E-state index contributed by atoms with van der Waals surface area (Å²) in [5.41, 5.74) is -0.981. The number of alkyl halides is 3. The molecule has 0 aliphatic heterocycles. The number of hydrogen-bond donors (Lipinski definition) is 1. The van der Waals surface area contributed by atoms with E-state index in [1.165, 1.54) is 19.1 Å². The molecule has 0 spiro atoms. The molecule has 1 amide bonds. The molecule has 0 fully saturated rings. The summed E-state index contributed by atoms with van der Waals surface area (Å²) in [5.74, 6) is -1.41. The summed E-state index contributed by atoms with van der Waals surface area (Å²) >= 11 is 0. The highest BCUT2D eigenvalue weighted by atomic mass is 32.2. The molecule has 1 N–H and O–H groups in total. The van der Waals surface area contributed by atoms with E-state index in [-0.39, 0.29) is 12.3 Å². The Labute approximate surface area is 126 Å². The Morgan fingerprint density at radius 1 is 1.32 bits per heavy atom. The minimum atomic E-state index is -4.59. The van der Waals surface area contributed by atoms with Crippen molar-refractivity contribution in [2.24, 2.45) is 0 Å². The molecular formula is C13H16F3NO4S. The molecule has 0 aliphatic carbocycles. The third kappa shape index (κ3) is 5.92. The molecule has 1 unspecified atom stereocenters. The maximum absolute atomic E-state index is 12.8. The Kier molecular flexibility index (Phi) is 5.81. The van der Waals surface area contributed by atoms with Crippen molar-refractivity contribution in [3.8, 4) is 5.75 Å². The fourth-order valence-electron chi connectivity index (χ4n) is 1.55. The lowest BCUT2D eigenvalue weighted by atomic mass is 10.2. The van der Waals surface area contributed by atoms with Crippen LogP contribution in [0.3, 0.4) is 0 Å². The number of hydrogen-bond acceptors (Lipinski definition) is 4. The molecule has 1 atom stereocenters. The van der Waals surface area contributed by atoms with Gasteiger partial charge < -0.3 is 10.1 Å². The van der Waals surface area contributed by atoms with E-state index in [1.54, 1.807) is 0 Å². The van der Waals surface area contributed by atoms with Gasteiger partial charge in [-0.15, -0.1) is 0 Å². The number of rotatable bonds is 6. The van der Waals surface area contributed by atoms with E-state index in [2.05, 4.69) is 5.32 Å². The Bertz CT molecular complexity index is 628. The minimum Gasteiger partial charge on any atom is -0.480 e. The first kappa shape index (κ1) is 18.3. The van der Waals surface area contributed by atoms with Gasteiger partial charge in [0.15, 0.2) is 6.10 Å². The van der Waals surface area contributed by atoms with E-state index in [9.17, 15) is 26.4 Å². The van der Waals surface area contributed by atoms with Gasteiger partial charge in [0, 0.05) is 12.8 Å². The molecule has 0 saturated heterocycles. The fourth-order valence-corrected chi connectivity index (χ4v) is 2.02. The predicted octanol–water partition coefficient (Wildman–Crippen LogP) is 1.63. The lowest BCUT2D eigenvalue weighted by Crippen LogP contribution is -2.38. The van der Waals surface area contributed by atoms with Crippen LogP contribution in [0, 0.1) is 0 Å². The first-order valence-electron chi connectivity index (χ1n) is 6.29. The molecule has 1 aromatic carbocycles. The van der Waals surface area contributed by atoms with Crippen LogP contribution in [0.25, 0.3) is 0 Å². The molecule has 0 bridgehead atoms. The fraction of sp³-hybridized carbons (Fsp3) is 0.462. The summed E-state index contributed by atoms with van der Waals surface area (Å²) in [6, 6.07) is 4.54. The van der Waals surface area contributed by atoms with Crippen LogP contribution in [0.5, 0.6) is 5.75 Å². The van der Waals surface area contributed by atoms with Gasteiger partial charge in [0.25, 0.3) is 5.91 Å². The highest BCUT2D eigenvalue weighted by molar-refractivity contribution is 7.90. The number of amides is 1. The van der Waals surface area contributed by atoms with E-state index in [0.29, 0.717) is 0 Å². The second-order valence-corrected chi connectivity index (χ2v) is 6.93. The second kappa shape index (κ2) is 6.99. The standard InChI is InChI=1S/C13H16F3NO4S/c1-9(12(18)17-7-8-22(2,19)20)21-11-6-4-3-5-10(11)13(14,15)16/h3-6,9H,7-8H2,1-2H3,(H,17,18). The summed E-state index contributed by atoms with van der Waals surface area (Å²) in [4.78, 5) is 11.7. The number of halogens is 3. The smallest absolute Gasteiger partial charge is 0.419 e. The van der Waals surface area contributed by atoms with E-state index < -0.39 is 39.3 Å². The number of sulfone groups is 1. The van der Waals surface area contributed by atoms with Crippen molar-refractivity contribution in [1.82, 2.24) is 5.32 Å². The van der Waals surface area contributed by atoms with Crippen LogP contribution in [0.1, 0.15) is 12.5 Å². The van der Waals surface area contributed by atoms with Crippen molar-refractivity contribution in [1.29, 1.82) is 0 Å². The van der Waals surface area contributed by atoms with Gasteiger partial charge in [-0.1, -0.05) is 12.1 Å². The van der Waals surface area contributed by atoms with Gasteiger partial charge in [0.2, 0.25) is 0 Å². The van der Waals surface area contributed by atoms with Gasteiger partial charge in [0.1, 0.15) is 15.6 Å². The van der Waals surface area contributed by atoms with E-state index in [1.807, 2.05) is 0 Å². The number of benzene rings is 1. The van der Waals surface area contributed by atoms with Gasteiger partial charge in [0.05, 0.1) is 11.3 Å². The lowest BCUT2D eigenvalue weighted by molar-refractivity contribution is -0.140. The predicted molar refractivity (Wildman–Crippen MR) is 74.3 cm³/mol. The minimum absolute atomic E-state index is 0.133. The van der Waals surface area contributed by atoms with Gasteiger partial charge in [-0.05, 0) is 19.1 Å². The zero-order valence-electron chi connectivity index (χ0n) is 12.0. The average Bonchev–Trinajstić information content (AvgIpc) is 2.36. The molecule has 5 nitrogen and oxygen atoms in total. The third-order valence-corrected chi connectivity index (χ3v) is 3.58. The van der Waals surface area contributed by atoms with E-state index in [0.717, 1.165) is 18.4 Å². The molecule has 0 aromatic heterocycles. The van der Waals surface area contributed by atoms with Crippen molar-refractivity contribution in [2.75, 3.05) is 18.6 Å². The lowest BCUT2D eigenvalue weighted by Gasteiger charge is -2.18. The zero-order valence-corrected chi connectivity index (χ0v) is 12.8. The summed E-state index contributed by atoms with van der Waals surface area (Å²) in [5, 5.41) is 2.29. The van der Waals surface area contributed by atoms with Gasteiger partial charge in [-0.25, -0.2) is 8.42 Å². The summed E-state index contributed by atoms with van der Waals surface area (Å²) in [7, 11) is -3.23. The molecule has 22 heavy (non-hydrogen) atoms. The van der Waals surface area contributed by atoms with Crippen molar-refractivity contribution >= 4 is 15.7 Å². The molecule has 124 valence electrons. The number of para-hydroxylation sites is 1. The summed E-state index contributed by atoms with van der Waals surface area (Å²) < 4.78 is 65.2. The molecule has 0 aliphatic rings. The first-order chi connectivity index (χ1) is 10.0. The summed E-state index contributed by atoms with van der Waals surface area (Å²) in [6.45, 7) is 1.15. The Hall–Kier alpha value is -1.77. The molecule has 0 saturated carbocycles. The van der Waals surface area contributed by atoms with Crippen molar-refractivity contribution in [2.45, 2.75) is 19.2 Å². The number of carbonyl (C=O) groups is 1. The summed E-state index contributed by atoms with van der Waals surface area (Å²) in [6.07, 6.45) is -4.77. The average molecular weight is 339 g/mol. The van der Waals surface area contributed by atoms with Crippen LogP contribution < -0.4 is 10.1 Å². The Morgan fingerprint density at radius 3 is 2.45 bits per heavy atom. The third-order valence-electron chi connectivity index (χ3n) is 2.64. The molecule has 9 heteroatoms. The number of ether oxygens (including phenoxy) is 1. The monoisotopic (exact) mass is 339 g/mol. The van der Waals surface area contributed by atoms with Crippen LogP contribution in [0.4, 0.5) is 13.2 Å². The van der Waals surface area contributed by atoms with Gasteiger partial charge in [-0.3, -0.25) is 4.79 Å². The van der Waals surface area contributed by atoms with Crippen LogP contribution >= 0.6 is 0 Å². The molecule has 0 radical (unpaired) electrons. The number of carbonyl (C=O) groups excluding carboxylic acids is 1. The van der Waals surface area contributed by atoms with E-state index >= 15 is 0 Å². The van der Waals surface area contributed by atoms with Crippen molar-refractivity contribution < 1.29 is 31.1 Å².